The molecule has 7 heteroatoms. The molecule has 1 rings (SSSR count). The van der Waals surface area contributed by atoms with Crippen LogP contribution in [0.2, 0.25) is 5.02 Å². The van der Waals surface area contributed by atoms with Gasteiger partial charge in [0.15, 0.2) is 0 Å². The van der Waals surface area contributed by atoms with E-state index < -0.39 is 9.84 Å². The van der Waals surface area contributed by atoms with E-state index in [2.05, 4.69) is 5.32 Å². The maximum atomic E-state index is 11.6. The number of nitrogens with one attached hydrogen (secondary N) is 1. The lowest BCUT2D eigenvalue weighted by atomic mass is 10.2. The van der Waals surface area contributed by atoms with Crippen LogP contribution < -0.4 is 10.1 Å². The summed E-state index contributed by atoms with van der Waals surface area (Å²) in [6, 6.07) is 5.19. The van der Waals surface area contributed by atoms with Crippen LogP contribution in [0, 0.1) is 0 Å². The molecule has 0 saturated carbocycles. The number of hydrogen-bond acceptors (Lipinski definition) is 4. The Bertz CT molecular complexity index is 599. The van der Waals surface area contributed by atoms with Crippen LogP contribution in [0.4, 0.5) is 0 Å². The van der Waals surface area contributed by atoms with Crippen molar-refractivity contribution in [3.8, 4) is 5.75 Å². The Morgan fingerprint density at radius 2 is 2.05 bits per heavy atom. The molecule has 0 aromatic heterocycles. The fourth-order valence-corrected chi connectivity index (χ4v) is 2.37. The first-order chi connectivity index (χ1) is 9.67. The van der Waals surface area contributed by atoms with E-state index in [1.165, 1.54) is 0 Å². The van der Waals surface area contributed by atoms with E-state index >= 15 is 0 Å². The highest BCUT2D eigenvalue weighted by atomic mass is 35.5. The lowest BCUT2D eigenvalue weighted by molar-refractivity contribution is -0.120. The van der Waals surface area contributed by atoms with E-state index in [1.807, 2.05) is 13.8 Å². The molecule has 5 nitrogen and oxygen atoms in total. The predicted octanol–water partition coefficient (Wildman–Crippen LogP) is 2.18. The summed E-state index contributed by atoms with van der Waals surface area (Å²) in [4.78, 5) is 11.6. The molecule has 0 saturated heterocycles. The van der Waals surface area contributed by atoms with Gasteiger partial charge in [0.05, 0.1) is 11.9 Å². The minimum absolute atomic E-state index is 0.00543. The SMILES string of the molecule is CC(C)Oc1ccc(Cl)cc1CNC(=O)CCS(C)(=O)=O. The van der Waals surface area contributed by atoms with Crippen LogP contribution in [0.15, 0.2) is 18.2 Å². The highest BCUT2D eigenvalue weighted by molar-refractivity contribution is 7.90. The van der Waals surface area contributed by atoms with Gasteiger partial charge in [-0.05, 0) is 32.0 Å². The van der Waals surface area contributed by atoms with E-state index in [-0.39, 0.29) is 30.7 Å². The zero-order valence-corrected chi connectivity index (χ0v) is 13.9. The molecule has 0 spiro atoms. The first-order valence-corrected chi connectivity index (χ1v) is 9.01. The summed E-state index contributed by atoms with van der Waals surface area (Å²) in [5.74, 6) is 0.165. The lowest BCUT2D eigenvalue weighted by Gasteiger charge is -2.15. The number of halogens is 1. The Morgan fingerprint density at radius 1 is 1.38 bits per heavy atom. The minimum Gasteiger partial charge on any atom is -0.491 e. The molecule has 1 aromatic rings. The largest absolute Gasteiger partial charge is 0.491 e. The molecule has 0 aliphatic rings. The molecule has 0 bridgehead atoms. The van der Waals surface area contributed by atoms with Gasteiger partial charge in [0.1, 0.15) is 15.6 Å². The number of benzene rings is 1. The topological polar surface area (TPSA) is 72.5 Å². The van der Waals surface area contributed by atoms with Crippen molar-refractivity contribution in [3.05, 3.63) is 28.8 Å². The zero-order valence-electron chi connectivity index (χ0n) is 12.3. The Kier molecular flexibility index (Phi) is 6.48. The quantitative estimate of drug-likeness (QED) is 0.830. The highest BCUT2D eigenvalue weighted by Crippen LogP contribution is 2.23. The number of sulfone groups is 1. The van der Waals surface area contributed by atoms with E-state index in [0.717, 1.165) is 11.8 Å². The molecule has 0 aliphatic heterocycles. The van der Waals surface area contributed by atoms with Crippen molar-refractivity contribution < 1.29 is 17.9 Å². The van der Waals surface area contributed by atoms with Crippen molar-refractivity contribution in [2.45, 2.75) is 32.9 Å². The molecule has 0 radical (unpaired) electrons. The Hall–Kier alpha value is -1.27. The van der Waals surface area contributed by atoms with Gasteiger partial charge in [0, 0.05) is 29.8 Å². The van der Waals surface area contributed by atoms with Crippen LogP contribution in [-0.4, -0.2) is 32.4 Å². The maximum Gasteiger partial charge on any atom is 0.221 e. The molecular weight excluding hydrogens is 314 g/mol. The molecule has 0 atom stereocenters. The number of carbonyl (C=O) groups is 1. The molecule has 0 fully saturated rings. The molecular formula is C14H20ClNO4S. The summed E-state index contributed by atoms with van der Waals surface area (Å²) in [7, 11) is -3.14. The monoisotopic (exact) mass is 333 g/mol. The minimum atomic E-state index is -3.14. The van der Waals surface area contributed by atoms with E-state index in [1.54, 1.807) is 18.2 Å². The number of amides is 1. The summed E-state index contributed by atoms with van der Waals surface area (Å²) >= 11 is 5.94. The van der Waals surface area contributed by atoms with Crippen molar-refractivity contribution in [3.63, 3.8) is 0 Å². The summed E-state index contributed by atoms with van der Waals surface area (Å²) in [5.41, 5.74) is 0.754. The third kappa shape index (κ3) is 7.34. The average molecular weight is 334 g/mol. The van der Waals surface area contributed by atoms with Gasteiger partial charge in [-0.2, -0.15) is 0 Å². The smallest absolute Gasteiger partial charge is 0.221 e. The number of ether oxygens (including phenoxy) is 1. The lowest BCUT2D eigenvalue weighted by Crippen LogP contribution is -2.25. The van der Waals surface area contributed by atoms with E-state index in [4.69, 9.17) is 16.3 Å². The van der Waals surface area contributed by atoms with Crippen LogP contribution >= 0.6 is 11.6 Å². The molecule has 0 heterocycles. The van der Waals surface area contributed by atoms with Crippen molar-refractivity contribution in [2.75, 3.05) is 12.0 Å². The predicted molar refractivity (Wildman–Crippen MR) is 83.4 cm³/mol. The fourth-order valence-electron chi connectivity index (χ4n) is 1.62. The van der Waals surface area contributed by atoms with Gasteiger partial charge in [0.2, 0.25) is 5.91 Å². The summed E-state index contributed by atoms with van der Waals surface area (Å²) in [6.07, 6.45) is 1.05. The maximum absolute atomic E-state index is 11.6. The zero-order chi connectivity index (χ0) is 16.0. The van der Waals surface area contributed by atoms with Gasteiger partial charge in [-0.25, -0.2) is 8.42 Å². The molecule has 0 aliphatic carbocycles. The number of carbonyl (C=O) groups excluding carboxylic acids is 1. The Morgan fingerprint density at radius 3 is 2.62 bits per heavy atom. The molecule has 1 aromatic carbocycles. The second kappa shape index (κ2) is 7.66. The van der Waals surface area contributed by atoms with E-state index in [9.17, 15) is 13.2 Å². The number of rotatable bonds is 7. The van der Waals surface area contributed by atoms with Crippen molar-refractivity contribution in [1.29, 1.82) is 0 Å². The Labute approximate surface area is 130 Å². The molecule has 1 N–H and O–H groups in total. The first-order valence-electron chi connectivity index (χ1n) is 6.57. The van der Waals surface area contributed by atoms with Crippen molar-refractivity contribution >= 4 is 27.3 Å². The van der Waals surface area contributed by atoms with Crippen LogP contribution in [0.3, 0.4) is 0 Å². The van der Waals surface area contributed by atoms with Crippen LogP contribution in [0.5, 0.6) is 5.75 Å². The van der Waals surface area contributed by atoms with Crippen LogP contribution in [0.1, 0.15) is 25.8 Å². The summed E-state index contributed by atoms with van der Waals surface area (Å²) < 4.78 is 27.7. The third-order valence-electron chi connectivity index (χ3n) is 2.56. The van der Waals surface area contributed by atoms with Gasteiger partial charge in [-0.1, -0.05) is 11.6 Å². The first kappa shape index (κ1) is 17.8. The molecule has 1 amide bonds. The summed E-state index contributed by atoms with van der Waals surface area (Å²) in [5, 5.41) is 3.22. The third-order valence-corrected chi connectivity index (χ3v) is 3.74. The van der Waals surface area contributed by atoms with Gasteiger partial charge in [-0.15, -0.1) is 0 Å². The second-order valence-electron chi connectivity index (χ2n) is 5.08. The van der Waals surface area contributed by atoms with Gasteiger partial charge >= 0.3 is 0 Å². The normalized spacial score (nSPS) is 11.5. The summed E-state index contributed by atoms with van der Waals surface area (Å²) in [6.45, 7) is 4.05. The fraction of sp³-hybridized carbons (Fsp3) is 0.500. The standard InChI is InChI=1S/C14H20ClNO4S/c1-10(2)20-13-5-4-12(15)8-11(13)9-16-14(17)6-7-21(3,18)19/h4-5,8,10H,6-7,9H2,1-3H3,(H,16,17). The van der Waals surface area contributed by atoms with Crippen LogP contribution in [-0.2, 0) is 21.2 Å². The second-order valence-corrected chi connectivity index (χ2v) is 7.77. The van der Waals surface area contributed by atoms with Gasteiger partial charge < -0.3 is 10.1 Å². The Balaban J connectivity index is 2.65. The molecule has 118 valence electrons. The average Bonchev–Trinajstić information content (AvgIpc) is 2.35. The van der Waals surface area contributed by atoms with Gasteiger partial charge in [0.25, 0.3) is 0 Å². The number of hydrogen-bond donors (Lipinski definition) is 1. The van der Waals surface area contributed by atoms with E-state index in [0.29, 0.717) is 10.8 Å². The van der Waals surface area contributed by atoms with Crippen LogP contribution in [0.25, 0.3) is 0 Å². The molecule has 21 heavy (non-hydrogen) atoms. The van der Waals surface area contributed by atoms with Crippen molar-refractivity contribution in [1.82, 2.24) is 5.32 Å². The van der Waals surface area contributed by atoms with Gasteiger partial charge in [-0.3, -0.25) is 4.79 Å². The van der Waals surface area contributed by atoms with Crippen molar-refractivity contribution in [2.24, 2.45) is 0 Å². The molecule has 0 unspecified atom stereocenters. The highest BCUT2D eigenvalue weighted by Gasteiger charge is 2.10.